The summed E-state index contributed by atoms with van der Waals surface area (Å²) in [7, 11) is 0. The highest BCUT2D eigenvalue weighted by Gasteiger charge is 2.40. The van der Waals surface area contributed by atoms with E-state index in [1.165, 1.54) is 51.4 Å². The summed E-state index contributed by atoms with van der Waals surface area (Å²) >= 11 is 0. The molecule has 0 radical (unpaired) electrons. The third-order valence-electron chi connectivity index (χ3n) is 10.3. The Morgan fingerprint density at radius 2 is 1.77 bits per heavy atom. The number of aromatic nitrogens is 6. The fourth-order valence-corrected chi connectivity index (χ4v) is 7.54. The number of hydrogen-bond acceptors (Lipinski definition) is 9. The number of anilines is 2. The fourth-order valence-electron chi connectivity index (χ4n) is 7.54. The lowest BCUT2D eigenvalue weighted by atomic mass is 9.79. The zero-order chi connectivity index (χ0) is 27.4. The first kappa shape index (κ1) is 26.0. The van der Waals surface area contributed by atoms with Crippen LogP contribution >= 0.6 is 0 Å². The summed E-state index contributed by atoms with van der Waals surface area (Å²) in [5, 5.41) is 7.66. The van der Waals surface area contributed by atoms with Gasteiger partial charge in [-0.3, -0.25) is 9.51 Å². The molecule has 3 aromatic rings. The Bertz CT molecular complexity index is 1400. The van der Waals surface area contributed by atoms with E-state index in [4.69, 9.17) is 24.2 Å². The molecule has 4 atom stereocenters. The van der Waals surface area contributed by atoms with Crippen LogP contribution in [0, 0.1) is 17.8 Å². The number of H-pyrrole nitrogens is 1. The maximum absolute atomic E-state index is 11.8. The highest BCUT2D eigenvalue weighted by Crippen LogP contribution is 2.43. The SMILES string of the molecule is CC1CCC(C(C)n2c(N3CCOC4CCCC43)nc3nc(-c4noc(=O)[nH]4)nc(N[C@H](C)C4CCC4)c32)CC1. The van der Waals surface area contributed by atoms with Gasteiger partial charge in [-0.25, -0.2) is 14.8 Å². The van der Waals surface area contributed by atoms with Crippen molar-refractivity contribution in [3.05, 3.63) is 10.6 Å². The highest BCUT2D eigenvalue weighted by molar-refractivity contribution is 5.88. The normalized spacial score (nSPS) is 28.8. The Morgan fingerprint density at radius 1 is 0.975 bits per heavy atom. The van der Waals surface area contributed by atoms with E-state index in [-0.39, 0.29) is 24.0 Å². The van der Waals surface area contributed by atoms with Crippen molar-refractivity contribution in [2.75, 3.05) is 23.4 Å². The van der Waals surface area contributed by atoms with Crippen LogP contribution in [0.1, 0.15) is 91.0 Å². The van der Waals surface area contributed by atoms with Crippen molar-refractivity contribution < 1.29 is 9.26 Å². The van der Waals surface area contributed by atoms with E-state index >= 15 is 0 Å². The Labute approximate surface area is 234 Å². The third-order valence-corrected chi connectivity index (χ3v) is 10.3. The van der Waals surface area contributed by atoms with Crippen molar-refractivity contribution >= 4 is 22.9 Å². The minimum Gasteiger partial charge on any atom is -0.374 e. The highest BCUT2D eigenvalue weighted by atomic mass is 16.5. The van der Waals surface area contributed by atoms with Gasteiger partial charge in [-0.05, 0) is 76.5 Å². The van der Waals surface area contributed by atoms with E-state index < -0.39 is 5.76 Å². The monoisotopic (exact) mass is 550 g/mol. The molecule has 4 heterocycles. The zero-order valence-electron chi connectivity index (χ0n) is 23.9. The van der Waals surface area contributed by atoms with Crippen molar-refractivity contribution in [2.24, 2.45) is 17.8 Å². The number of nitrogens with one attached hydrogen (secondary N) is 2. The predicted molar refractivity (Wildman–Crippen MR) is 152 cm³/mol. The zero-order valence-corrected chi connectivity index (χ0v) is 23.9. The van der Waals surface area contributed by atoms with Crippen LogP contribution in [0.25, 0.3) is 22.8 Å². The first-order chi connectivity index (χ1) is 19.5. The van der Waals surface area contributed by atoms with Crippen LogP contribution in [0.15, 0.2) is 9.32 Å². The molecule has 4 fully saturated rings. The van der Waals surface area contributed by atoms with Gasteiger partial charge in [-0.2, -0.15) is 4.98 Å². The molecule has 40 heavy (non-hydrogen) atoms. The van der Waals surface area contributed by atoms with Crippen LogP contribution < -0.4 is 16.0 Å². The molecule has 0 amide bonds. The van der Waals surface area contributed by atoms with Gasteiger partial charge in [0.1, 0.15) is 5.52 Å². The first-order valence-electron chi connectivity index (χ1n) is 15.5. The fraction of sp³-hybridized carbons (Fsp3) is 0.759. The molecule has 3 unspecified atom stereocenters. The second kappa shape index (κ2) is 10.5. The average molecular weight is 551 g/mol. The quantitative estimate of drug-likeness (QED) is 0.421. The Morgan fingerprint density at radius 3 is 2.50 bits per heavy atom. The van der Waals surface area contributed by atoms with Gasteiger partial charge in [0.25, 0.3) is 0 Å². The minimum absolute atomic E-state index is 0.221. The standard InChI is InChI=1S/C29H42N8O3/c1-16-10-12-20(13-11-16)18(3)37-23-24(30-17(2)19-6-4-7-19)31-26(27-34-29(38)40-35-27)32-25(23)33-28(37)36-14-15-39-22-9-5-8-21(22)36/h16-22H,4-15H2,1-3H3,(H,30,31,32)(H,34,35,38)/t16?,17-,18?,20?,21?,22?/m1/s1. The molecule has 3 aliphatic carbocycles. The van der Waals surface area contributed by atoms with Crippen molar-refractivity contribution in [2.45, 2.75) is 109 Å². The van der Waals surface area contributed by atoms with E-state index in [0.717, 1.165) is 42.6 Å². The molecule has 11 heteroatoms. The van der Waals surface area contributed by atoms with Gasteiger partial charge >= 0.3 is 5.76 Å². The number of aromatic amines is 1. The summed E-state index contributed by atoms with van der Waals surface area (Å²) in [6.45, 7) is 8.51. The van der Waals surface area contributed by atoms with Gasteiger partial charge in [0, 0.05) is 18.6 Å². The number of fused-ring (bicyclic) bond motifs is 2. The van der Waals surface area contributed by atoms with Crippen LogP contribution in [0.5, 0.6) is 0 Å². The molecule has 1 aliphatic heterocycles. The molecule has 216 valence electrons. The van der Waals surface area contributed by atoms with Gasteiger partial charge in [0.05, 0.1) is 18.8 Å². The van der Waals surface area contributed by atoms with E-state index in [1.807, 2.05) is 0 Å². The molecule has 0 aromatic carbocycles. The Balaban J connectivity index is 1.39. The maximum Gasteiger partial charge on any atom is 0.439 e. The van der Waals surface area contributed by atoms with Crippen LogP contribution in [-0.2, 0) is 4.74 Å². The topological polar surface area (TPSA) is 127 Å². The molecule has 3 aromatic heterocycles. The van der Waals surface area contributed by atoms with Gasteiger partial charge in [-0.15, -0.1) is 0 Å². The van der Waals surface area contributed by atoms with Gasteiger partial charge < -0.3 is 19.5 Å². The van der Waals surface area contributed by atoms with Crippen molar-refractivity contribution in [3.8, 4) is 11.6 Å². The summed E-state index contributed by atoms with van der Waals surface area (Å²) in [4.78, 5) is 32.0. The van der Waals surface area contributed by atoms with Crippen LogP contribution in [-0.4, -0.2) is 61.0 Å². The molecular formula is C29H42N8O3. The summed E-state index contributed by atoms with van der Waals surface area (Å²) in [5.74, 6) is 3.62. The molecule has 3 saturated carbocycles. The second-order valence-corrected chi connectivity index (χ2v) is 12.8. The minimum atomic E-state index is -0.622. The summed E-state index contributed by atoms with van der Waals surface area (Å²) in [5.41, 5.74) is 1.58. The third kappa shape index (κ3) is 4.59. The molecule has 1 saturated heterocycles. The van der Waals surface area contributed by atoms with Crippen molar-refractivity contribution in [3.63, 3.8) is 0 Å². The first-order valence-corrected chi connectivity index (χ1v) is 15.5. The molecule has 0 bridgehead atoms. The number of morpholine rings is 1. The smallest absolute Gasteiger partial charge is 0.374 e. The molecule has 7 rings (SSSR count). The molecular weight excluding hydrogens is 508 g/mol. The van der Waals surface area contributed by atoms with Crippen molar-refractivity contribution in [1.29, 1.82) is 0 Å². The molecule has 4 aliphatic rings. The van der Waals surface area contributed by atoms with Crippen LogP contribution in [0.3, 0.4) is 0 Å². The van der Waals surface area contributed by atoms with E-state index in [1.54, 1.807) is 0 Å². The summed E-state index contributed by atoms with van der Waals surface area (Å²) < 4.78 is 13.4. The van der Waals surface area contributed by atoms with Crippen molar-refractivity contribution in [1.82, 2.24) is 29.7 Å². The van der Waals surface area contributed by atoms with E-state index in [9.17, 15) is 4.79 Å². The van der Waals surface area contributed by atoms with Gasteiger partial charge in [0.2, 0.25) is 17.6 Å². The summed E-state index contributed by atoms with van der Waals surface area (Å²) in [6, 6.07) is 0.833. The van der Waals surface area contributed by atoms with Crippen LogP contribution in [0.4, 0.5) is 11.8 Å². The number of hydrogen-bond donors (Lipinski definition) is 2. The van der Waals surface area contributed by atoms with E-state index in [0.29, 0.717) is 36.0 Å². The molecule has 11 nitrogen and oxygen atoms in total. The predicted octanol–water partition coefficient (Wildman–Crippen LogP) is 4.92. The number of imidazole rings is 1. The number of ether oxygens (including phenoxy) is 1. The number of rotatable bonds is 7. The molecule has 0 spiro atoms. The largest absolute Gasteiger partial charge is 0.439 e. The van der Waals surface area contributed by atoms with Gasteiger partial charge in [-0.1, -0.05) is 31.3 Å². The Kier molecular flexibility index (Phi) is 6.80. The Hall–Kier alpha value is -2.95. The van der Waals surface area contributed by atoms with Gasteiger partial charge in [0.15, 0.2) is 11.5 Å². The second-order valence-electron chi connectivity index (χ2n) is 12.8. The maximum atomic E-state index is 11.8. The van der Waals surface area contributed by atoms with E-state index in [2.05, 4.69) is 45.7 Å². The number of nitrogens with zero attached hydrogens (tertiary/aromatic N) is 6. The van der Waals surface area contributed by atoms with Crippen LogP contribution in [0.2, 0.25) is 0 Å². The average Bonchev–Trinajstić information content (AvgIpc) is 3.65. The lowest BCUT2D eigenvalue weighted by molar-refractivity contribution is 0.0245. The summed E-state index contributed by atoms with van der Waals surface area (Å²) in [6.07, 6.45) is 12.4. The lowest BCUT2D eigenvalue weighted by Crippen LogP contribution is -2.50. The molecule has 2 N–H and O–H groups in total. The lowest BCUT2D eigenvalue weighted by Gasteiger charge is -2.40.